The van der Waals surface area contributed by atoms with E-state index in [1.807, 2.05) is 38.2 Å². The summed E-state index contributed by atoms with van der Waals surface area (Å²) in [5, 5.41) is 0. The van der Waals surface area contributed by atoms with Crippen LogP contribution in [0.3, 0.4) is 0 Å². The fourth-order valence-corrected chi connectivity index (χ4v) is 3.29. The van der Waals surface area contributed by atoms with Gasteiger partial charge in [0.1, 0.15) is 11.6 Å². The Morgan fingerprint density at radius 1 is 1.40 bits per heavy atom. The second kappa shape index (κ2) is 10.4. The Bertz CT molecular complexity index is 660. The van der Waals surface area contributed by atoms with Crippen molar-refractivity contribution in [3.63, 3.8) is 0 Å². The van der Waals surface area contributed by atoms with Gasteiger partial charge in [-0.15, -0.1) is 0 Å². The number of ether oxygens (including phenoxy) is 1. The molecule has 1 rings (SSSR count). The van der Waals surface area contributed by atoms with Crippen LogP contribution in [0.1, 0.15) is 39.2 Å². The van der Waals surface area contributed by atoms with Crippen molar-refractivity contribution in [1.29, 1.82) is 0 Å². The smallest absolute Gasteiger partial charge is 0.122 e. The summed E-state index contributed by atoms with van der Waals surface area (Å²) in [7, 11) is 3.65. The Labute approximate surface area is 160 Å². The van der Waals surface area contributed by atoms with Gasteiger partial charge in [0, 0.05) is 23.8 Å². The highest BCUT2D eigenvalue weighted by atomic mass is 79.9. The summed E-state index contributed by atoms with van der Waals surface area (Å²) >= 11 is 3.49. The van der Waals surface area contributed by atoms with Crippen molar-refractivity contribution < 1.29 is 9.13 Å². The van der Waals surface area contributed by atoms with Crippen molar-refractivity contribution in [2.75, 3.05) is 20.7 Å². The summed E-state index contributed by atoms with van der Waals surface area (Å²) < 4.78 is 20.7. The lowest BCUT2D eigenvalue weighted by Crippen LogP contribution is -2.20. The monoisotopic (exact) mass is 409 g/mol. The van der Waals surface area contributed by atoms with Gasteiger partial charge in [0.2, 0.25) is 0 Å². The highest BCUT2D eigenvalue weighted by Crippen LogP contribution is 2.31. The molecular formula is C21H29BrFNO. The zero-order valence-electron chi connectivity index (χ0n) is 16.0. The van der Waals surface area contributed by atoms with Gasteiger partial charge < -0.3 is 9.64 Å². The molecule has 0 amide bonds. The zero-order chi connectivity index (χ0) is 19.0. The minimum absolute atomic E-state index is 0.159. The number of nitrogens with zero attached hydrogens (tertiary/aromatic N) is 1. The van der Waals surface area contributed by atoms with Gasteiger partial charge in [-0.05, 0) is 68.0 Å². The average Bonchev–Trinajstić information content (AvgIpc) is 2.58. The molecule has 0 saturated heterocycles. The number of hydrogen-bond donors (Lipinski definition) is 0. The Hall–Kier alpha value is -1.55. The van der Waals surface area contributed by atoms with Crippen LogP contribution in [0, 0.1) is 0 Å². The van der Waals surface area contributed by atoms with E-state index >= 15 is 0 Å². The molecule has 0 aliphatic heterocycles. The molecule has 0 spiro atoms. The predicted octanol–water partition coefficient (Wildman–Crippen LogP) is 6.44. The van der Waals surface area contributed by atoms with Crippen molar-refractivity contribution in [2.45, 2.75) is 40.0 Å². The van der Waals surface area contributed by atoms with Gasteiger partial charge in [0.15, 0.2) is 0 Å². The van der Waals surface area contributed by atoms with E-state index in [2.05, 4.69) is 34.3 Å². The van der Waals surface area contributed by atoms with Crippen LogP contribution >= 0.6 is 15.9 Å². The third-order valence-corrected chi connectivity index (χ3v) is 4.74. The molecule has 1 aromatic rings. The first kappa shape index (κ1) is 21.5. The second-order valence-corrected chi connectivity index (χ2v) is 6.95. The topological polar surface area (TPSA) is 12.5 Å². The van der Waals surface area contributed by atoms with E-state index in [-0.39, 0.29) is 5.83 Å². The van der Waals surface area contributed by atoms with Crippen LogP contribution in [0.15, 0.2) is 58.0 Å². The molecule has 0 atom stereocenters. The lowest BCUT2D eigenvalue weighted by atomic mass is 9.94. The van der Waals surface area contributed by atoms with Crippen LogP contribution in [0.2, 0.25) is 0 Å². The summed E-state index contributed by atoms with van der Waals surface area (Å²) in [6.07, 6.45) is 4.26. The highest BCUT2D eigenvalue weighted by Gasteiger charge is 2.16. The molecule has 0 bridgehead atoms. The number of benzene rings is 1. The number of aryl methyl sites for hydroxylation is 1. The summed E-state index contributed by atoms with van der Waals surface area (Å²) in [6, 6.07) is 5.89. The standard InChI is InChI=1S/C21H29BrFNO/c1-7-13-24(5)16(4)19(8-2)20(15(3)23)11-9-17-14-18(22)10-12-21(17)25-6/h8,10,12,14H,4,7,9,11,13H2,1-3,5-6H3/b19-8-,20-15+. The van der Waals surface area contributed by atoms with Crippen molar-refractivity contribution in [3.8, 4) is 5.75 Å². The van der Waals surface area contributed by atoms with Crippen LogP contribution < -0.4 is 4.74 Å². The summed E-state index contributed by atoms with van der Waals surface area (Å²) in [5.74, 6) is 0.663. The van der Waals surface area contributed by atoms with E-state index in [1.165, 1.54) is 6.92 Å². The molecule has 0 aliphatic carbocycles. The Balaban J connectivity index is 3.04. The van der Waals surface area contributed by atoms with Crippen molar-refractivity contribution in [2.24, 2.45) is 0 Å². The third kappa shape index (κ3) is 6.03. The number of hydrogen-bond acceptors (Lipinski definition) is 2. The van der Waals surface area contributed by atoms with Crippen LogP contribution in [0.5, 0.6) is 5.75 Å². The summed E-state index contributed by atoms with van der Waals surface area (Å²) in [4.78, 5) is 2.08. The zero-order valence-corrected chi connectivity index (χ0v) is 17.5. The van der Waals surface area contributed by atoms with E-state index in [0.717, 1.165) is 40.0 Å². The molecule has 25 heavy (non-hydrogen) atoms. The van der Waals surface area contributed by atoms with E-state index in [9.17, 15) is 4.39 Å². The van der Waals surface area contributed by atoms with E-state index in [1.54, 1.807) is 7.11 Å². The molecular weight excluding hydrogens is 381 g/mol. The molecule has 4 heteroatoms. The van der Waals surface area contributed by atoms with E-state index in [4.69, 9.17) is 4.74 Å². The van der Waals surface area contributed by atoms with Crippen LogP contribution in [-0.4, -0.2) is 25.6 Å². The average molecular weight is 410 g/mol. The van der Waals surface area contributed by atoms with Crippen LogP contribution in [0.4, 0.5) is 4.39 Å². The largest absolute Gasteiger partial charge is 0.496 e. The predicted molar refractivity (Wildman–Crippen MR) is 109 cm³/mol. The minimum atomic E-state index is -0.159. The maximum Gasteiger partial charge on any atom is 0.122 e. The molecule has 2 nitrogen and oxygen atoms in total. The maximum atomic E-state index is 14.3. The summed E-state index contributed by atoms with van der Waals surface area (Å²) in [6.45, 7) is 10.6. The summed E-state index contributed by atoms with van der Waals surface area (Å²) in [5.41, 5.74) is 3.50. The van der Waals surface area contributed by atoms with Gasteiger partial charge in [-0.3, -0.25) is 0 Å². The maximum absolute atomic E-state index is 14.3. The Morgan fingerprint density at radius 3 is 2.60 bits per heavy atom. The SMILES string of the molecule is C=C(C(=C/C)/C(CCc1cc(Br)ccc1OC)=C(\C)F)N(C)CCC. The van der Waals surface area contributed by atoms with Gasteiger partial charge in [-0.2, -0.15) is 0 Å². The lowest BCUT2D eigenvalue weighted by Gasteiger charge is -2.25. The Kier molecular flexibility index (Phi) is 8.98. The first-order chi connectivity index (χ1) is 11.8. The molecule has 0 radical (unpaired) electrons. The number of allylic oxidation sites excluding steroid dienone is 3. The molecule has 0 N–H and O–H groups in total. The first-order valence-corrected chi connectivity index (χ1v) is 9.39. The van der Waals surface area contributed by atoms with Crippen LogP contribution in [0.25, 0.3) is 0 Å². The molecule has 0 heterocycles. The number of rotatable bonds is 9. The van der Waals surface area contributed by atoms with Crippen LogP contribution in [-0.2, 0) is 6.42 Å². The number of halogens is 2. The molecule has 0 fully saturated rings. The second-order valence-electron chi connectivity index (χ2n) is 6.04. The lowest BCUT2D eigenvalue weighted by molar-refractivity contribution is 0.409. The van der Waals surface area contributed by atoms with Crippen molar-refractivity contribution in [3.05, 3.63) is 63.6 Å². The van der Waals surface area contributed by atoms with Gasteiger partial charge >= 0.3 is 0 Å². The molecule has 0 aromatic heterocycles. The normalized spacial score (nSPS) is 12.7. The van der Waals surface area contributed by atoms with Gasteiger partial charge in [-0.25, -0.2) is 4.39 Å². The first-order valence-electron chi connectivity index (χ1n) is 8.60. The molecule has 1 aromatic carbocycles. The molecule has 0 saturated carbocycles. The number of likely N-dealkylation sites (N-methyl/N-ethyl adjacent to an activating group) is 1. The van der Waals surface area contributed by atoms with Gasteiger partial charge in [0.25, 0.3) is 0 Å². The molecule has 138 valence electrons. The minimum Gasteiger partial charge on any atom is -0.496 e. The number of methoxy groups -OCH3 is 1. The van der Waals surface area contributed by atoms with Gasteiger partial charge in [-0.1, -0.05) is 35.5 Å². The third-order valence-electron chi connectivity index (χ3n) is 4.25. The molecule has 0 unspecified atom stereocenters. The Morgan fingerprint density at radius 2 is 2.08 bits per heavy atom. The van der Waals surface area contributed by atoms with Crippen molar-refractivity contribution in [1.82, 2.24) is 4.90 Å². The van der Waals surface area contributed by atoms with E-state index < -0.39 is 0 Å². The molecule has 0 aliphatic rings. The van der Waals surface area contributed by atoms with E-state index in [0.29, 0.717) is 18.4 Å². The van der Waals surface area contributed by atoms with Gasteiger partial charge in [0.05, 0.1) is 7.11 Å². The van der Waals surface area contributed by atoms with Crippen molar-refractivity contribution >= 4 is 15.9 Å². The fraction of sp³-hybridized carbons (Fsp3) is 0.429. The fourth-order valence-electron chi connectivity index (χ4n) is 2.89. The quantitative estimate of drug-likeness (QED) is 0.435. The highest BCUT2D eigenvalue weighted by molar-refractivity contribution is 9.10.